The van der Waals surface area contributed by atoms with Gasteiger partial charge in [0.2, 0.25) is 0 Å². The maximum absolute atomic E-state index is 12.3. The second-order valence-corrected chi connectivity index (χ2v) is 6.07. The zero-order valence-electron chi connectivity index (χ0n) is 14.2. The number of likely N-dealkylation sites (tertiary alicyclic amines) is 1. The minimum Gasteiger partial charge on any atom is -0.492 e. The molecule has 0 aromatic heterocycles. The van der Waals surface area contributed by atoms with Crippen LogP contribution in [0, 0.1) is 5.41 Å². The fourth-order valence-electron chi connectivity index (χ4n) is 2.89. The van der Waals surface area contributed by atoms with Gasteiger partial charge in [-0.2, -0.15) is 0 Å². The van der Waals surface area contributed by atoms with Crippen LogP contribution in [0.2, 0.25) is 0 Å². The normalized spacial score (nSPS) is 13.5. The Morgan fingerprint density at radius 2 is 1.92 bits per heavy atom. The van der Waals surface area contributed by atoms with Gasteiger partial charge in [0.25, 0.3) is 5.91 Å². The van der Waals surface area contributed by atoms with Crippen LogP contribution >= 0.6 is 0 Å². The van der Waals surface area contributed by atoms with E-state index in [0.717, 1.165) is 48.5 Å². The molecule has 0 bridgehead atoms. The lowest BCUT2D eigenvalue weighted by molar-refractivity contribution is 0.0793. The Hall–Kier alpha value is -2.82. The van der Waals surface area contributed by atoms with Crippen LogP contribution < -0.4 is 10.1 Å². The molecule has 1 amide bonds. The first-order valence-electron chi connectivity index (χ1n) is 8.63. The Balaban J connectivity index is 1.45. The Morgan fingerprint density at radius 3 is 2.64 bits per heavy atom. The number of nitrogens with zero attached hydrogens (tertiary/aromatic N) is 1. The van der Waals surface area contributed by atoms with Crippen molar-refractivity contribution >= 4 is 17.8 Å². The van der Waals surface area contributed by atoms with E-state index in [1.165, 1.54) is 6.21 Å². The highest BCUT2D eigenvalue weighted by atomic mass is 16.5. The van der Waals surface area contributed by atoms with E-state index in [4.69, 9.17) is 10.1 Å². The smallest absolute Gasteiger partial charge is 0.253 e. The quantitative estimate of drug-likeness (QED) is 0.601. The second kappa shape index (κ2) is 8.33. The lowest BCUT2D eigenvalue weighted by Gasteiger charge is -2.15. The third kappa shape index (κ3) is 4.59. The molecule has 0 atom stereocenters. The predicted molar refractivity (Wildman–Crippen MR) is 99.9 cm³/mol. The number of hydrogen-bond acceptors (Lipinski definition) is 4. The summed E-state index contributed by atoms with van der Waals surface area (Å²) in [7, 11) is 0. The summed E-state index contributed by atoms with van der Waals surface area (Å²) in [6.45, 7) is 2.93. The largest absolute Gasteiger partial charge is 0.492 e. The van der Waals surface area contributed by atoms with Crippen molar-refractivity contribution in [3.8, 4) is 5.75 Å². The first-order chi connectivity index (χ1) is 12.3. The van der Waals surface area contributed by atoms with Crippen molar-refractivity contribution in [2.45, 2.75) is 12.8 Å². The van der Waals surface area contributed by atoms with Gasteiger partial charge in [0.15, 0.2) is 0 Å². The Labute approximate surface area is 148 Å². The van der Waals surface area contributed by atoms with Gasteiger partial charge in [0.05, 0.1) is 0 Å². The lowest BCUT2D eigenvalue weighted by Crippen LogP contribution is -2.27. The van der Waals surface area contributed by atoms with Crippen molar-refractivity contribution in [3.05, 3.63) is 59.7 Å². The average molecular weight is 337 g/mol. The van der Waals surface area contributed by atoms with Crippen molar-refractivity contribution in [1.82, 2.24) is 4.90 Å². The van der Waals surface area contributed by atoms with Gasteiger partial charge in [0.1, 0.15) is 12.4 Å². The Morgan fingerprint density at radius 1 is 1.16 bits per heavy atom. The van der Waals surface area contributed by atoms with Gasteiger partial charge < -0.3 is 20.4 Å². The summed E-state index contributed by atoms with van der Waals surface area (Å²) in [5.41, 5.74) is 2.53. The van der Waals surface area contributed by atoms with E-state index in [1.807, 2.05) is 53.4 Å². The second-order valence-electron chi connectivity index (χ2n) is 6.07. The molecule has 1 aliphatic rings. The van der Waals surface area contributed by atoms with Crippen LogP contribution in [0.5, 0.6) is 5.75 Å². The molecule has 0 unspecified atom stereocenters. The molecule has 1 heterocycles. The summed E-state index contributed by atoms with van der Waals surface area (Å²) in [6.07, 6.45) is 3.51. The van der Waals surface area contributed by atoms with E-state index < -0.39 is 0 Å². The fourth-order valence-corrected chi connectivity index (χ4v) is 2.89. The van der Waals surface area contributed by atoms with Crippen LogP contribution in [0.15, 0.2) is 48.5 Å². The number of benzene rings is 2. The summed E-state index contributed by atoms with van der Waals surface area (Å²) in [4.78, 5) is 14.2. The van der Waals surface area contributed by atoms with Gasteiger partial charge in [-0.05, 0) is 54.8 Å². The van der Waals surface area contributed by atoms with E-state index in [1.54, 1.807) is 0 Å². The molecule has 1 saturated heterocycles. The molecule has 1 fully saturated rings. The van der Waals surface area contributed by atoms with Crippen LogP contribution in [0.25, 0.3) is 0 Å². The van der Waals surface area contributed by atoms with Crippen LogP contribution in [-0.4, -0.2) is 43.3 Å². The summed E-state index contributed by atoms with van der Waals surface area (Å²) in [5, 5.41) is 10.5. The Kier molecular flexibility index (Phi) is 5.67. The summed E-state index contributed by atoms with van der Waals surface area (Å²) in [5.74, 6) is 0.882. The fraction of sp³-hybridized carbons (Fsp3) is 0.300. The summed E-state index contributed by atoms with van der Waals surface area (Å²) < 4.78 is 5.67. The molecule has 0 saturated carbocycles. The first-order valence-corrected chi connectivity index (χ1v) is 8.63. The molecular formula is C20H23N3O2. The molecule has 1 aliphatic heterocycles. The number of carbonyl (C=O) groups excluding carboxylic acids is 1. The topological polar surface area (TPSA) is 65.4 Å². The molecule has 5 heteroatoms. The third-order valence-electron chi connectivity index (χ3n) is 4.25. The molecule has 0 radical (unpaired) electrons. The molecule has 2 aromatic rings. The lowest BCUT2D eigenvalue weighted by atomic mass is 10.2. The molecule has 25 heavy (non-hydrogen) atoms. The molecule has 3 rings (SSSR count). The molecule has 2 N–H and O–H groups in total. The van der Waals surface area contributed by atoms with E-state index in [0.29, 0.717) is 13.2 Å². The predicted octanol–water partition coefficient (Wildman–Crippen LogP) is 3.41. The van der Waals surface area contributed by atoms with Gasteiger partial charge in [-0.15, -0.1) is 0 Å². The van der Waals surface area contributed by atoms with E-state index in [9.17, 15) is 4.79 Å². The van der Waals surface area contributed by atoms with E-state index in [-0.39, 0.29) is 5.91 Å². The number of rotatable bonds is 7. The zero-order valence-corrected chi connectivity index (χ0v) is 14.2. The first kappa shape index (κ1) is 17.0. The number of carbonyl (C=O) groups is 1. The van der Waals surface area contributed by atoms with Crippen LogP contribution in [0.1, 0.15) is 28.8 Å². The minimum absolute atomic E-state index is 0.124. The van der Waals surface area contributed by atoms with Crippen molar-refractivity contribution in [2.75, 3.05) is 31.6 Å². The van der Waals surface area contributed by atoms with Crippen molar-refractivity contribution in [3.63, 3.8) is 0 Å². The molecule has 2 aromatic carbocycles. The molecule has 5 nitrogen and oxygen atoms in total. The number of nitrogens with one attached hydrogen (secondary N) is 2. The summed E-state index contributed by atoms with van der Waals surface area (Å²) >= 11 is 0. The van der Waals surface area contributed by atoms with Crippen LogP contribution in [-0.2, 0) is 0 Å². The van der Waals surface area contributed by atoms with Crippen molar-refractivity contribution in [2.24, 2.45) is 0 Å². The van der Waals surface area contributed by atoms with Crippen LogP contribution in [0.4, 0.5) is 5.69 Å². The van der Waals surface area contributed by atoms with Gasteiger partial charge >= 0.3 is 0 Å². The van der Waals surface area contributed by atoms with E-state index >= 15 is 0 Å². The standard InChI is InChI=1S/C20H23N3O2/c21-15-16-4-3-5-19(14-16)25-13-10-22-18-8-6-17(7-9-18)20(24)23-11-1-2-12-23/h3-9,14-15,21-22H,1-2,10-13H2. The molecule has 0 spiro atoms. The van der Waals surface area contributed by atoms with Gasteiger partial charge in [-0.1, -0.05) is 12.1 Å². The Bertz CT molecular complexity index is 722. The van der Waals surface area contributed by atoms with E-state index in [2.05, 4.69) is 5.32 Å². The highest BCUT2D eigenvalue weighted by Gasteiger charge is 2.18. The zero-order chi connectivity index (χ0) is 17.5. The number of amides is 1. The molecular weight excluding hydrogens is 314 g/mol. The number of anilines is 1. The molecule has 0 aliphatic carbocycles. The summed E-state index contributed by atoms with van der Waals surface area (Å²) in [6, 6.07) is 15.1. The van der Waals surface area contributed by atoms with Crippen molar-refractivity contribution in [1.29, 1.82) is 5.41 Å². The minimum atomic E-state index is 0.124. The third-order valence-corrected chi connectivity index (χ3v) is 4.25. The van der Waals surface area contributed by atoms with Gasteiger partial charge in [0, 0.05) is 37.1 Å². The highest BCUT2D eigenvalue weighted by molar-refractivity contribution is 5.94. The van der Waals surface area contributed by atoms with Gasteiger partial charge in [-0.25, -0.2) is 0 Å². The monoisotopic (exact) mass is 337 g/mol. The van der Waals surface area contributed by atoms with Gasteiger partial charge in [-0.3, -0.25) is 4.79 Å². The number of hydrogen-bond donors (Lipinski definition) is 2. The molecule has 130 valence electrons. The maximum Gasteiger partial charge on any atom is 0.253 e. The number of ether oxygens (including phenoxy) is 1. The average Bonchev–Trinajstić information content (AvgIpc) is 3.20. The highest BCUT2D eigenvalue weighted by Crippen LogP contribution is 2.16. The SMILES string of the molecule is N=Cc1cccc(OCCNc2ccc(C(=O)N3CCCC3)cc2)c1. The van der Waals surface area contributed by atoms with Crippen molar-refractivity contribution < 1.29 is 9.53 Å². The maximum atomic E-state index is 12.3. The van der Waals surface area contributed by atoms with Crippen LogP contribution in [0.3, 0.4) is 0 Å².